The van der Waals surface area contributed by atoms with Gasteiger partial charge < -0.3 is 33.5 Å². The molecule has 0 radical (unpaired) electrons. The number of phosphoric acid groups is 2. The molecule has 17 heteroatoms. The van der Waals surface area contributed by atoms with Crippen LogP contribution in [0.4, 0.5) is 0 Å². The highest BCUT2D eigenvalue weighted by molar-refractivity contribution is 7.48. The van der Waals surface area contributed by atoms with Crippen LogP contribution in [0.15, 0.2) is 121 Å². The van der Waals surface area contributed by atoms with Crippen molar-refractivity contribution in [3.05, 3.63) is 144 Å². The van der Waals surface area contributed by atoms with Crippen molar-refractivity contribution in [3.8, 4) is 0 Å². The SMILES string of the molecule is COCO[C@H]1[C@H](OP(=O)(OCc2ccccc2)OCc2ccccc2)[C@@H](OP(=O)(OCc2ccccc2)OCc2ccccc2)[C@@H](OCOC)[C@@H](O)[C@@H]1OCOC. The quantitative estimate of drug-likeness (QED) is 0.0527. The first-order chi connectivity index (χ1) is 27.8. The van der Waals surface area contributed by atoms with Gasteiger partial charge in [0.1, 0.15) is 57.0 Å². The van der Waals surface area contributed by atoms with Crippen LogP contribution in [0.1, 0.15) is 22.3 Å². The Balaban J connectivity index is 1.58. The molecule has 4 aromatic rings. The number of rotatable bonds is 25. The van der Waals surface area contributed by atoms with E-state index < -0.39 is 52.3 Å². The van der Waals surface area contributed by atoms with E-state index in [1.165, 1.54) is 21.3 Å². The first kappa shape index (κ1) is 44.9. The van der Waals surface area contributed by atoms with Crippen LogP contribution in [0.5, 0.6) is 0 Å². The van der Waals surface area contributed by atoms with Crippen molar-refractivity contribution in [2.75, 3.05) is 41.7 Å². The fourth-order valence-electron chi connectivity index (χ4n) is 5.80. The van der Waals surface area contributed by atoms with Crippen LogP contribution in [0.2, 0.25) is 0 Å². The van der Waals surface area contributed by atoms with Gasteiger partial charge in [-0.1, -0.05) is 121 Å². The Labute approximate surface area is 333 Å². The molecule has 5 rings (SSSR count). The maximum atomic E-state index is 15.0. The van der Waals surface area contributed by atoms with Gasteiger partial charge in [-0.05, 0) is 22.3 Å². The Hall–Kier alpha value is -3.18. The van der Waals surface area contributed by atoms with Gasteiger partial charge in [0.25, 0.3) is 0 Å². The van der Waals surface area contributed by atoms with Crippen LogP contribution < -0.4 is 0 Å². The first-order valence-corrected chi connectivity index (χ1v) is 21.0. The van der Waals surface area contributed by atoms with Crippen LogP contribution in [0.3, 0.4) is 0 Å². The second-order valence-electron chi connectivity index (χ2n) is 12.7. The Kier molecular flexibility index (Phi) is 18.5. The monoisotopic (exact) mass is 832 g/mol. The lowest BCUT2D eigenvalue weighted by Gasteiger charge is -2.48. The van der Waals surface area contributed by atoms with Crippen molar-refractivity contribution in [1.29, 1.82) is 0 Å². The Morgan fingerprint density at radius 2 is 0.684 bits per heavy atom. The Morgan fingerprint density at radius 3 is 0.982 bits per heavy atom. The standard InChI is InChI=1S/C40H50O15P2/c1-44-28-47-36-35(41)37(48-29-45-2)39(54-56(42,50-24-31-16-8-4-9-17-31)51-25-32-18-10-5-11-19-32)40(38(36)49-30-46-3)55-57(43,52-26-33-20-12-6-13-21-33)53-27-34-22-14-7-15-23-34/h4-23,35-41H,24-30H2,1-3H3/t35-,36-,37-,38+,39-,40-/m0/s1. The van der Waals surface area contributed by atoms with E-state index in [1.807, 2.05) is 24.3 Å². The van der Waals surface area contributed by atoms with Crippen LogP contribution in [0, 0.1) is 0 Å². The van der Waals surface area contributed by atoms with Gasteiger partial charge in [-0.2, -0.15) is 0 Å². The number of ether oxygens (including phenoxy) is 6. The molecule has 15 nitrogen and oxygen atoms in total. The highest BCUT2D eigenvalue weighted by atomic mass is 31.2. The van der Waals surface area contributed by atoms with Crippen LogP contribution in [-0.4, -0.2) is 83.4 Å². The molecule has 1 N–H and O–H groups in total. The third-order valence-corrected chi connectivity index (χ3v) is 11.3. The van der Waals surface area contributed by atoms with Gasteiger partial charge in [-0.25, -0.2) is 9.13 Å². The normalized spacial score (nSPS) is 21.4. The molecule has 0 amide bonds. The maximum Gasteiger partial charge on any atom is 0.475 e. The highest BCUT2D eigenvalue weighted by Gasteiger charge is 2.58. The summed E-state index contributed by atoms with van der Waals surface area (Å²) in [6.07, 6.45) is -9.01. The van der Waals surface area contributed by atoms with Crippen molar-refractivity contribution in [1.82, 2.24) is 0 Å². The average molecular weight is 833 g/mol. The molecule has 1 aliphatic rings. The molecule has 0 saturated heterocycles. The molecule has 0 heterocycles. The number of phosphoric ester groups is 2. The zero-order valence-electron chi connectivity index (χ0n) is 32.0. The topological polar surface area (TPSA) is 165 Å². The molecule has 6 atom stereocenters. The molecule has 0 bridgehead atoms. The molecule has 1 aliphatic carbocycles. The smallest absolute Gasteiger partial charge is 0.387 e. The van der Waals surface area contributed by atoms with E-state index in [0.717, 1.165) is 0 Å². The molecule has 57 heavy (non-hydrogen) atoms. The molecule has 4 aromatic carbocycles. The zero-order chi connectivity index (χ0) is 40.4. The number of methoxy groups -OCH3 is 3. The van der Waals surface area contributed by atoms with E-state index in [4.69, 9.17) is 55.6 Å². The first-order valence-electron chi connectivity index (χ1n) is 18.1. The molecule has 0 unspecified atom stereocenters. The number of aliphatic hydroxyl groups is 1. The minimum absolute atomic E-state index is 0.191. The summed E-state index contributed by atoms with van der Waals surface area (Å²) >= 11 is 0. The summed E-state index contributed by atoms with van der Waals surface area (Å²) in [5.74, 6) is 0. The lowest BCUT2D eigenvalue weighted by Crippen LogP contribution is -2.66. The van der Waals surface area contributed by atoms with E-state index in [9.17, 15) is 14.2 Å². The Bertz CT molecular complexity index is 1700. The fourth-order valence-corrected chi connectivity index (χ4v) is 8.50. The number of aliphatic hydroxyl groups excluding tert-OH is 1. The van der Waals surface area contributed by atoms with Gasteiger partial charge in [0, 0.05) is 21.3 Å². The van der Waals surface area contributed by atoms with Crippen LogP contribution in [-0.2, 0) is 91.1 Å². The van der Waals surface area contributed by atoms with E-state index >= 15 is 0 Å². The van der Waals surface area contributed by atoms with E-state index in [1.54, 1.807) is 97.1 Å². The second-order valence-corrected chi connectivity index (χ2v) is 15.9. The average Bonchev–Trinajstić information content (AvgIpc) is 3.25. The van der Waals surface area contributed by atoms with Crippen molar-refractivity contribution in [2.45, 2.75) is 63.1 Å². The molecular formula is C40H50O15P2. The lowest BCUT2D eigenvalue weighted by atomic mass is 9.84. The largest absolute Gasteiger partial charge is 0.475 e. The summed E-state index contributed by atoms with van der Waals surface area (Å²) < 4.78 is 100. The summed E-state index contributed by atoms with van der Waals surface area (Å²) in [6.45, 7) is -1.81. The van der Waals surface area contributed by atoms with Crippen molar-refractivity contribution >= 4 is 15.6 Å². The van der Waals surface area contributed by atoms with Crippen molar-refractivity contribution in [2.24, 2.45) is 0 Å². The van der Waals surface area contributed by atoms with Gasteiger partial charge in [0.15, 0.2) is 0 Å². The van der Waals surface area contributed by atoms with Gasteiger partial charge in [0.05, 0.1) is 26.4 Å². The predicted molar refractivity (Wildman–Crippen MR) is 206 cm³/mol. The van der Waals surface area contributed by atoms with E-state index in [2.05, 4.69) is 0 Å². The minimum Gasteiger partial charge on any atom is -0.387 e. The van der Waals surface area contributed by atoms with Crippen LogP contribution in [0.25, 0.3) is 0 Å². The van der Waals surface area contributed by atoms with Gasteiger partial charge in [0.2, 0.25) is 0 Å². The molecule has 1 saturated carbocycles. The highest BCUT2D eigenvalue weighted by Crippen LogP contribution is 2.58. The minimum atomic E-state index is -4.67. The molecular weight excluding hydrogens is 782 g/mol. The summed E-state index contributed by atoms with van der Waals surface area (Å²) in [7, 11) is -5.18. The van der Waals surface area contributed by atoms with E-state index in [-0.39, 0.29) is 46.8 Å². The van der Waals surface area contributed by atoms with Gasteiger partial charge in [-0.3, -0.25) is 27.1 Å². The second kappa shape index (κ2) is 23.4. The third-order valence-electron chi connectivity index (χ3n) is 8.53. The van der Waals surface area contributed by atoms with Crippen molar-refractivity contribution in [3.63, 3.8) is 0 Å². The van der Waals surface area contributed by atoms with Gasteiger partial charge >= 0.3 is 15.6 Å². The molecule has 0 spiro atoms. The molecule has 310 valence electrons. The van der Waals surface area contributed by atoms with E-state index in [0.29, 0.717) is 22.3 Å². The summed E-state index contributed by atoms with van der Waals surface area (Å²) in [4.78, 5) is 0. The van der Waals surface area contributed by atoms with Crippen LogP contribution >= 0.6 is 15.6 Å². The summed E-state index contributed by atoms with van der Waals surface area (Å²) in [6, 6.07) is 35.9. The van der Waals surface area contributed by atoms with Gasteiger partial charge in [-0.15, -0.1) is 0 Å². The molecule has 0 aromatic heterocycles. The summed E-state index contributed by atoms with van der Waals surface area (Å²) in [5.41, 5.74) is 2.66. The number of benzene rings is 4. The third kappa shape index (κ3) is 14.0. The fraction of sp³-hybridized carbons (Fsp3) is 0.400. The zero-order valence-corrected chi connectivity index (χ0v) is 33.8. The molecule has 0 aliphatic heterocycles. The predicted octanol–water partition coefficient (Wildman–Crippen LogP) is 7.18. The molecule has 1 fully saturated rings. The number of hydrogen-bond donors (Lipinski definition) is 1. The Morgan fingerprint density at radius 1 is 0.421 bits per heavy atom. The lowest BCUT2D eigenvalue weighted by molar-refractivity contribution is -0.281. The number of hydrogen-bond acceptors (Lipinski definition) is 15. The van der Waals surface area contributed by atoms with Crippen molar-refractivity contribution < 1.29 is 69.8 Å². The summed E-state index contributed by atoms with van der Waals surface area (Å²) in [5, 5.41) is 11.9. The maximum absolute atomic E-state index is 15.0.